The molecule has 1 saturated carbocycles. The first-order chi connectivity index (χ1) is 14.2. The summed E-state index contributed by atoms with van der Waals surface area (Å²) in [6.07, 6.45) is 10.9. The zero-order valence-electron chi connectivity index (χ0n) is 17.5. The molecular formula is C22H32N4O2S. The van der Waals surface area contributed by atoms with Gasteiger partial charge >= 0.3 is 0 Å². The number of rotatable bonds is 11. The number of thioether (sulfide) groups is 1. The fraction of sp³-hybridized carbons (Fsp3) is 0.591. The van der Waals surface area contributed by atoms with Crippen LogP contribution in [0.2, 0.25) is 0 Å². The lowest BCUT2D eigenvalue weighted by atomic mass is 10.2. The third kappa shape index (κ3) is 5.98. The molecule has 158 valence electrons. The molecule has 1 amide bonds. The van der Waals surface area contributed by atoms with Crippen LogP contribution in [0.15, 0.2) is 29.4 Å². The van der Waals surface area contributed by atoms with Gasteiger partial charge in [0.2, 0.25) is 0 Å². The Kier molecular flexibility index (Phi) is 8.40. The molecule has 0 radical (unpaired) electrons. The van der Waals surface area contributed by atoms with E-state index in [2.05, 4.69) is 33.3 Å². The lowest BCUT2D eigenvalue weighted by Gasteiger charge is -2.16. The fourth-order valence-electron chi connectivity index (χ4n) is 3.73. The second kappa shape index (κ2) is 11.2. The molecule has 1 fully saturated rings. The molecule has 1 aliphatic rings. The maximum atomic E-state index is 12.4. The van der Waals surface area contributed by atoms with Gasteiger partial charge in [0.15, 0.2) is 5.16 Å². The Morgan fingerprint density at radius 1 is 1.21 bits per heavy atom. The van der Waals surface area contributed by atoms with E-state index in [1.165, 1.54) is 25.7 Å². The van der Waals surface area contributed by atoms with Crippen molar-refractivity contribution in [2.24, 2.45) is 0 Å². The average Bonchev–Trinajstić information content (AvgIpc) is 3.41. The lowest BCUT2D eigenvalue weighted by molar-refractivity contribution is 0.0953. The zero-order chi connectivity index (χ0) is 20.5. The minimum absolute atomic E-state index is 0.0489. The monoisotopic (exact) mass is 416 g/mol. The molecule has 3 rings (SSSR count). The van der Waals surface area contributed by atoms with Crippen LogP contribution in [0.1, 0.15) is 74.1 Å². The van der Waals surface area contributed by atoms with Gasteiger partial charge in [0.05, 0.1) is 6.61 Å². The van der Waals surface area contributed by atoms with Crippen LogP contribution >= 0.6 is 11.8 Å². The van der Waals surface area contributed by atoms with Gasteiger partial charge in [0, 0.05) is 24.6 Å². The van der Waals surface area contributed by atoms with Gasteiger partial charge < -0.3 is 14.6 Å². The summed E-state index contributed by atoms with van der Waals surface area (Å²) < 4.78 is 7.97. The average molecular weight is 417 g/mol. The Morgan fingerprint density at radius 2 is 1.97 bits per heavy atom. The Bertz CT molecular complexity index is 770. The van der Waals surface area contributed by atoms with Crippen LogP contribution in [-0.4, -0.2) is 40.1 Å². The predicted octanol–water partition coefficient (Wildman–Crippen LogP) is 4.66. The number of nitrogens with one attached hydrogen (secondary N) is 1. The topological polar surface area (TPSA) is 69.0 Å². The van der Waals surface area contributed by atoms with E-state index in [1.807, 2.05) is 24.3 Å². The summed E-state index contributed by atoms with van der Waals surface area (Å²) in [4.78, 5) is 12.4. The van der Waals surface area contributed by atoms with Crippen molar-refractivity contribution in [3.63, 3.8) is 0 Å². The van der Waals surface area contributed by atoms with E-state index in [0.29, 0.717) is 24.8 Å². The largest absolute Gasteiger partial charge is 0.494 e. The Labute approximate surface area is 177 Å². The van der Waals surface area contributed by atoms with E-state index < -0.39 is 0 Å². The molecule has 1 N–H and O–H groups in total. The van der Waals surface area contributed by atoms with Gasteiger partial charge in [-0.25, -0.2) is 0 Å². The number of hydrogen-bond acceptors (Lipinski definition) is 5. The summed E-state index contributed by atoms with van der Waals surface area (Å²) in [5.74, 6) is 1.81. The summed E-state index contributed by atoms with van der Waals surface area (Å²) in [6, 6.07) is 7.89. The highest BCUT2D eigenvalue weighted by Crippen LogP contribution is 2.33. The van der Waals surface area contributed by atoms with Crippen LogP contribution in [0.4, 0.5) is 0 Å². The highest BCUT2D eigenvalue weighted by Gasteiger charge is 2.23. The number of ether oxygens (including phenoxy) is 1. The van der Waals surface area contributed by atoms with Crippen molar-refractivity contribution in [2.75, 3.05) is 19.4 Å². The summed E-state index contributed by atoms with van der Waals surface area (Å²) in [6.45, 7) is 3.47. The normalized spacial score (nSPS) is 14.3. The molecule has 1 aliphatic carbocycles. The van der Waals surface area contributed by atoms with Crippen molar-refractivity contribution >= 4 is 17.7 Å². The van der Waals surface area contributed by atoms with Crippen molar-refractivity contribution in [2.45, 2.75) is 69.5 Å². The van der Waals surface area contributed by atoms with Gasteiger partial charge in [-0.2, -0.15) is 0 Å². The first kappa shape index (κ1) is 21.7. The van der Waals surface area contributed by atoms with Gasteiger partial charge in [-0.3, -0.25) is 4.79 Å². The quantitative estimate of drug-likeness (QED) is 0.426. The SMILES string of the molecule is CCCCOc1ccc(C(=O)NCCCc2nnc(SC)n2C2CCCC2)cc1. The van der Waals surface area contributed by atoms with Crippen molar-refractivity contribution < 1.29 is 9.53 Å². The van der Waals surface area contributed by atoms with Gasteiger partial charge in [0.25, 0.3) is 5.91 Å². The number of unbranched alkanes of at least 4 members (excludes halogenated alkanes) is 1. The summed E-state index contributed by atoms with van der Waals surface area (Å²) >= 11 is 1.66. The van der Waals surface area contributed by atoms with Crippen molar-refractivity contribution in [1.29, 1.82) is 0 Å². The summed E-state index contributed by atoms with van der Waals surface area (Å²) in [5, 5.41) is 12.8. The molecule has 1 aromatic heterocycles. The molecule has 1 aromatic carbocycles. The van der Waals surface area contributed by atoms with Crippen LogP contribution in [0.5, 0.6) is 5.75 Å². The van der Waals surface area contributed by atoms with E-state index >= 15 is 0 Å². The lowest BCUT2D eigenvalue weighted by Crippen LogP contribution is -2.25. The summed E-state index contributed by atoms with van der Waals surface area (Å²) in [7, 11) is 0. The molecule has 6 nitrogen and oxygen atoms in total. The van der Waals surface area contributed by atoms with Crippen LogP contribution < -0.4 is 10.1 Å². The first-order valence-electron chi connectivity index (χ1n) is 10.7. The van der Waals surface area contributed by atoms with Crippen molar-refractivity contribution in [3.05, 3.63) is 35.7 Å². The number of nitrogens with zero attached hydrogens (tertiary/aromatic N) is 3. The van der Waals surface area contributed by atoms with Crippen LogP contribution in [0.3, 0.4) is 0 Å². The number of amides is 1. The Balaban J connectivity index is 1.46. The highest BCUT2D eigenvalue weighted by molar-refractivity contribution is 7.98. The Morgan fingerprint density at radius 3 is 2.66 bits per heavy atom. The molecule has 0 bridgehead atoms. The van der Waals surface area contributed by atoms with Crippen LogP contribution in [-0.2, 0) is 6.42 Å². The second-order valence-corrected chi connectivity index (χ2v) is 8.27. The standard InChI is InChI=1S/C22H32N4O2S/c1-3-4-16-28-19-13-11-17(12-14-19)21(27)23-15-7-10-20-24-25-22(29-2)26(20)18-8-5-6-9-18/h11-14,18H,3-10,15-16H2,1-2H3,(H,23,27). The third-order valence-corrected chi connectivity index (χ3v) is 6.00. The summed E-state index contributed by atoms with van der Waals surface area (Å²) in [5.41, 5.74) is 0.659. The molecule has 0 atom stereocenters. The van der Waals surface area contributed by atoms with Gasteiger partial charge in [-0.05, 0) is 56.2 Å². The van der Waals surface area contributed by atoms with Gasteiger partial charge in [0.1, 0.15) is 11.6 Å². The van der Waals surface area contributed by atoms with Gasteiger partial charge in [-0.1, -0.05) is 37.9 Å². The second-order valence-electron chi connectivity index (χ2n) is 7.50. The van der Waals surface area contributed by atoms with E-state index in [-0.39, 0.29) is 5.91 Å². The molecule has 29 heavy (non-hydrogen) atoms. The molecule has 0 spiro atoms. The Hall–Kier alpha value is -2.02. The molecular weight excluding hydrogens is 384 g/mol. The highest BCUT2D eigenvalue weighted by atomic mass is 32.2. The molecule has 0 aliphatic heterocycles. The fourth-order valence-corrected chi connectivity index (χ4v) is 4.31. The minimum Gasteiger partial charge on any atom is -0.494 e. The van der Waals surface area contributed by atoms with Crippen LogP contribution in [0.25, 0.3) is 0 Å². The van der Waals surface area contributed by atoms with E-state index in [0.717, 1.165) is 42.4 Å². The molecule has 0 saturated heterocycles. The molecule has 0 unspecified atom stereocenters. The zero-order valence-corrected chi connectivity index (χ0v) is 18.3. The first-order valence-corrected chi connectivity index (χ1v) is 11.9. The number of hydrogen-bond donors (Lipinski definition) is 1. The predicted molar refractivity (Wildman–Crippen MR) is 117 cm³/mol. The van der Waals surface area contributed by atoms with E-state index in [4.69, 9.17) is 4.74 Å². The smallest absolute Gasteiger partial charge is 0.251 e. The number of benzene rings is 1. The van der Waals surface area contributed by atoms with E-state index in [9.17, 15) is 4.79 Å². The number of aromatic nitrogens is 3. The number of aryl methyl sites for hydroxylation is 1. The van der Waals surface area contributed by atoms with Gasteiger partial charge in [-0.15, -0.1) is 10.2 Å². The third-order valence-electron chi connectivity index (χ3n) is 5.35. The molecule has 7 heteroatoms. The maximum absolute atomic E-state index is 12.4. The van der Waals surface area contributed by atoms with Crippen LogP contribution in [0, 0.1) is 0 Å². The number of carbonyl (C=O) groups is 1. The van der Waals surface area contributed by atoms with E-state index in [1.54, 1.807) is 11.8 Å². The van der Waals surface area contributed by atoms with Crippen molar-refractivity contribution in [3.8, 4) is 5.75 Å². The van der Waals surface area contributed by atoms with Crippen molar-refractivity contribution in [1.82, 2.24) is 20.1 Å². The maximum Gasteiger partial charge on any atom is 0.251 e. The molecule has 1 heterocycles. The molecule has 2 aromatic rings. The minimum atomic E-state index is -0.0489. The number of carbonyl (C=O) groups excluding carboxylic acids is 1.